The Morgan fingerprint density at radius 2 is 2.00 bits per heavy atom. The van der Waals surface area contributed by atoms with E-state index in [0.717, 1.165) is 12.0 Å². The number of carbonyl (C=O) groups excluding carboxylic acids is 2. The van der Waals surface area contributed by atoms with Crippen molar-refractivity contribution in [3.63, 3.8) is 0 Å². The maximum absolute atomic E-state index is 14.3. The number of rotatable bonds is 6. The van der Waals surface area contributed by atoms with Crippen molar-refractivity contribution in [1.29, 1.82) is 0 Å². The molecule has 4 aliphatic heterocycles. The maximum atomic E-state index is 14.3. The first-order valence-electron chi connectivity index (χ1n) is 11.4. The van der Waals surface area contributed by atoms with Gasteiger partial charge >= 0.3 is 11.9 Å². The zero-order valence-electron chi connectivity index (χ0n) is 19.1. The van der Waals surface area contributed by atoms with Gasteiger partial charge in [0.1, 0.15) is 11.8 Å². The number of esters is 2. The van der Waals surface area contributed by atoms with Gasteiger partial charge in [-0.15, -0.1) is 11.8 Å². The lowest BCUT2D eigenvalue weighted by Gasteiger charge is -2.38. The van der Waals surface area contributed by atoms with Crippen LogP contribution in [0.1, 0.15) is 32.8 Å². The Bertz CT molecular complexity index is 988. The molecule has 8 nitrogen and oxygen atoms in total. The van der Waals surface area contributed by atoms with Crippen molar-refractivity contribution in [2.24, 2.45) is 5.92 Å². The van der Waals surface area contributed by atoms with E-state index in [2.05, 4.69) is 0 Å². The summed E-state index contributed by atoms with van der Waals surface area (Å²) < 4.78 is 36.0. The third kappa shape index (κ3) is 3.10. The molecule has 0 spiro atoms. The van der Waals surface area contributed by atoms with Crippen molar-refractivity contribution in [1.82, 2.24) is 4.90 Å². The number of carbonyl (C=O) groups is 2. The number of nitrogens with zero attached hydrogens (tertiary/aromatic N) is 1. The van der Waals surface area contributed by atoms with Crippen LogP contribution in [0.15, 0.2) is 29.2 Å². The number of hydrogen-bond acceptors (Lipinski definition) is 9. The van der Waals surface area contributed by atoms with Crippen LogP contribution in [0.3, 0.4) is 0 Å². The average Bonchev–Trinajstić information content (AvgIpc) is 3.45. The summed E-state index contributed by atoms with van der Waals surface area (Å²) in [5, 5.41) is -0.543. The molecule has 4 aliphatic rings. The monoisotopic (exact) mass is 495 g/mol. The molecule has 0 saturated carbocycles. The molecule has 4 heterocycles. The molecule has 0 aromatic heterocycles. The molecule has 4 saturated heterocycles. The number of aryl methyl sites for hydroxylation is 1. The fraction of sp³-hybridized carbons (Fsp3) is 0.652. The van der Waals surface area contributed by atoms with Crippen LogP contribution in [0, 0.1) is 12.8 Å². The summed E-state index contributed by atoms with van der Waals surface area (Å²) >= 11 is 1.56. The normalized spacial score (nSPS) is 40.2. The first kappa shape index (κ1) is 23.3. The van der Waals surface area contributed by atoms with E-state index >= 15 is 0 Å². The lowest BCUT2D eigenvalue weighted by molar-refractivity contribution is -0.187. The number of fused-ring (bicyclic) bond motifs is 5. The number of cyclic esters (lactones) is 1. The summed E-state index contributed by atoms with van der Waals surface area (Å²) in [6.45, 7) is 8.48. The van der Waals surface area contributed by atoms with Gasteiger partial charge in [0.25, 0.3) is 0 Å². The lowest BCUT2D eigenvalue weighted by atomic mass is 9.90. The molecule has 0 unspecified atom stereocenters. The fourth-order valence-electron chi connectivity index (χ4n) is 5.72. The summed E-state index contributed by atoms with van der Waals surface area (Å²) in [5.41, 5.74) is 0.243. The van der Waals surface area contributed by atoms with Gasteiger partial charge in [-0.3, -0.25) is 13.8 Å². The number of benzene rings is 1. The number of hydrogen-bond donors (Lipinski definition) is 0. The van der Waals surface area contributed by atoms with Crippen LogP contribution in [-0.2, 0) is 39.3 Å². The van der Waals surface area contributed by atoms with Crippen molar-refractivity contribution in [2.75, 3.05) is 19.8 Å². The van der Waals surface area contributed by atoms with Crippen LogP contribution in [-0.4, -0.2) is 74.3 Å². The molecule has 10 heteroatoms. The molecule has 0 aliphatic carbocycles. The molecular formula is C23H29NO7S2. The highest BCUT2D eigenvalue weighted by Crippen LogP contribution is 2.64. The Balaban J connectivity index is 1.71. The lowest BCUT2D eigenvalue weighted by Crippen LogP contribution is -2.56. The second-order valence-corrected chi connectivity index (χ2v) is 11.9. The highest BCUT2D eigenvalue weighted by molar-refractivity contribution is 8.02. The number of thioether (sulfide) groups is 1. The first-order chi connectivity index (χ1) is 15.8. The third-order valence-corrected chi connectivity index (χ3v) is 11.2. The largest absolute Gasteiger partial charge is 0.465 e. The molecule has 4 fully saturated rings. The van der Waals surface area contributed by atoms with Crippen molar-refractivity contribution < 1.29 is 32.7 Å². The predicted octanol–water partition coefficient (Wildman–Crippen LogP) is 2.20. The molecule has 5 rings (SSSR count). The van der Waals surface area contributed by atoms with Crippen LogP contribution in [0.5, 0.6) is 0 Å². The van der Waals surface area contributed by atoms with Gasteiger partial charge in [-0.1, -0.05) is 17.7 Å². The van der Waals surface area contributed by atoms with Crippen molar-refractivity contribution >= 4 is 34.5 Å². The minimum atomic E-state index is -1.81. The van der Waals surface area contributed by atoms with Gasteiger partial charge in [-0.05, 0) is 46.2 Å². The van der Waals surface area contributed by atoms with Gasteiger partial charge < -0.3 is 18.9 Å². The van der Waals surface area contributed by atoms with Crippen molar-refractivity contribution in [3.8, 4) is 0 Å². The minimum Gasteiger partial charge on any atom is -0.465 e. The van der Waals surface area contributed by atoms with E-state index < -0.39 is 56.8 Å². The Hall–Kier alpha value is -1.46. The van der Waals surface area contributed by atoms with Crippen LogP contribution in [0.2, 0.25) is 0 Å². The SMILES string of the molecule is CCOC(=O)[C@H]1[C@@H]2[C@@H](OCC)OC(=O)[C@]2([S@@](=O)c2ccc(C)cc2)[C@@H]2S[C@H]3CCO[C@@]3(C)N21. The van der Waals surface area contributed by atoms with E-state index in [-0.39, 0.29) is 18.5 Å². The van der Waals surface area contributed by atoms with E-state index in [9.17, 15) is 13.8 Å². The Morgan fingerprint density at radius 1 is 1.27 bits per heavy atom. The molecule has 1 aromatic rings. The molecule has 0 bridgehead atoms. The maximum Gasteiger partial charge on any atom is 0.330 e. The molecule has 0 radical (unpaired) electrons. The second-order valence-electron chi connectivity index (χ2n) is 8.90. The molecule has 8 atom stereocenters. The molecule has 180 valence electrons. The molecule has 1 aromatic carbocycles. The standard InChI is InChI=1S/C23H29NO7S2/c1-5-28-18(25)17-16-19(29-6-2)31-21(26)23(16,33(27)14-9-7-13(3)8-10-14)20-24(17)22(4)15(32-20)11-12-30-22/h7-10,15-17,19-20H,5-6,11-12H2,1-4H3/t15-,16+,17+,19-,20-,22+,23+,33-/m0/s1. The second kappa shape index (κ2) is 8.34. The zero-order valence-corrected chi connectivity index (χ0v) is 20.8. The van der Waals surface area contributed by atoms with E-state index in [0.29, 0.717) is 11.5 Å². The van der Waals surface area contributed by atoms with E-state index in [1.165, 1.54) is 0 Å². The van der Waals surface area contributed by atoms with Gasteiger partial charge in [0.2, 0.25) is 6.29 Å². The Morgan fingerprint density at radius 3 is 2.67 bits per heavy atom. The van der Waals surface area contributed by atoms with Gasteiger partial charge in [-0.2, -0.15) is 0 Å². The van der Waals surface area contributed by atoms with Crippen molar-refractivity contribution in [3.05, 3.63) is 29.8 Å². The molecular weight excluding hydrogens is 466 g/mol. The first-order valence-corrected chi connectivity index (χ1v) is 13.5. The molecule has 33 heavy (non-hydrogen) atoms. The summed E-state index contributed by atoms with van der Waals surface area (Å²) in [5.74, 6) is -1.87. The minimum absolute atomic E-state index is 0.0335. The van der Waals surface area contributed by atoms with E-state index in [1.807, 2.05) is 30.9 Å². The number of ether oxygens (including phenoxy) is 4. The van der Waals surface area contributed by atoms with Gasteiger partial charge in [0, 0.05) is 11.5 Å². The fourth-order valence-corrected chi connectivity index (χ4v) is 9.82. The van der Waals surface area contributed by atoms with Gasteiger partial charge in [0.05, 0.1) is 40.6 Å². The van der Waals surface area contributed by atoms with Crippen LogP contribution < -0.4 is 0 Å². The third-order valence-electron chi connectivity index (χ3n) is 7.17. The summed E-state index contributed by atoms with van der Waals surface area (Å²) in [6.07, 6.45) is -0.216. The highest BCUT2D eigenvalue weighted by atomic mass is 32.2. The Labute approximate surface area is 200 Å². The topological polar surface area (TPSA) is 91.4 Å². The zero-order chi connectivity index (χ0) is 23.5. The van der Waals surface area contributed by atoms with Crippen LogP contribution in [0.4, 0.5) is 0 Å². The van der Waals surface area contributed by atoms with E-state index in [1.54, 1.807) is 37.7 Å². The van der Waals surface area contributed by atoms with Gasteiger partial charge in [-0.25, -0.2) is 4.90 Å². The molecule has 0 N–H and O–H groups in total. The summed E-state index contributed by atoms with van der Waals surface area (Å²) in [7, 11) is -1.81. The predicted molar refractivity (Wildman–Crippen MR) is 122 cm³/mol. The van der Waals surface area contributed by atoms with E-state index in [4.69, 9.17) is 18.9 Å². The summed E-state index contributed by atoms with van der Waals surface area (Å²) in [6, 6.07) is 6.41. The van der Waals surface area contributed by atoms with Crippen LogP contribution in [0.25, 0.3) is 0 Å². The highest BCUT2D eigenvalue weighted by Gasteiger charge is 2.82. The quantitative estimate of drug-likeness (QED) is 0.551. The Kier molecular flexibility index (Phi) is 5.88. The average molecular weight is 496 g/mol. The van der Waals surface area contributed by atoms with Gasteiger partial charge in [0.15, 0.2) is 4.75 Å². The van der Waals surface area contributed by atoms with Crippen molar-refractivity contribution in [2.45, 2.75) is 72.4 Å². The molecule has 0 amide bonds. The van der Waals surface area contributed by atoms with Crippen LogP contribution >= 0.6 is 11.8 Å². The summed E-state index contributed by atoms with van der Waals surface area (Å²) in [4.78, 5) is 29.6. The smallest absolute Gasteiger partial charge is 0.330 e.